The van der Waals surface area contributed by atoms with Crippen molar-refractivity contribution in [2.45, 2.75) is 19.0 Å². The molecule has 1 aliphatic heterocycles. The van der Waals surface area contributed by atoms with E-state index in [9.17, 15) is 9.59 Å². The Labute approximate surface area is 158 Å². The van der Waals surface area contributed by atoms with Gasteiger partial charge in [0.1, 0.15) is 0 Å². The second-order valence-electron chi connectivity index (χ2n) is 6.79. The van der Waals surface area contributed by atoms with Crippen LogP contribution in [0.4, 0.5) is 4.79 Å². The maximum Gasteiger partial charge on any atom is 0.325 e. The first-order valence-corrected chi connectivity index (χ1v) is 8.92. The zero-order valence-electron chi connectivity index (χ0n) is 15.1. The molecule has 4 nitrogen and oxygen atoms in total. The molecule has 1 N–H and O–H groups in total. The highest BCUT2D eigenvalue weighted by molar-refractivity contribution is 6.09. The molecule has 0 bridgehead atoms. The van der Waals surface area contributed by atoms with Gasteiger partial charge in [-0.25, -0.2) is 4.79 Å². The van der Waals surface area contributed by atoms with E-state index in [2.05, 4.69) is 5.32 Å². The number of urea groups is 1. The van der Waals surface area contributed by atoms with Crippen molar-refractivity contribution in [1.82, 2.24) is 10.2 Å². The molecule has 3 aromatic carbocycles. The van der Waals surface area contributed by atoms with Crippen LogP contribution in [0.25, 0.3) is 0 Å². The fourth-order valence-corrected chi connectivity index (χ4v) is 3.53. The van der Waals surface area contributed by atoms with Gasteiger partial charge in [0.05, 0.1) is 6.54 Å². The number of carbonyl (C=O) groups excluding carboxylic acids is 2. The minimum atomic E-state index is -1.20. The number of nitrogens with one attached hydrogen (secondary N) is 1. The van der Waals surface area contributed by atoms with Gasteiger partial charge in [0, 0.05) is 0 Å². The number of rotatable bonds is 4. The number of nitrogens with zero attached hydrogens (tertiary/aromatic N) is 1. The van der Waals surface area contributed by atoms with E-state index in [1.54, 1.807) is 0 Å². The molecule has 3 amide bonds. The van der Waals surface area contributed by atoms with E-state index < -0.39 is 5.54 Å². The van der Waals surface area contributed by atoms with Gasteiger partial charge in [-0.3, -0.25) is 9.69 Å². The molecule has 0 aliphatic carbocycles. The summed E-state index contributed by atoms with van der Waals surface area (Å²) in [6, 6.07) is 26.3. The summed E-state index contributed by atoms with van der Waals surface area (Å²) in [4.78, 5) is 27.7. The molecule has 3 aromatic rings. The lowest BCUT2D eigenvalue weighted by molar-refractivity contribution is -0.130. The molecule has 0 radical (unpaired) electrons. The molecule has 27 heavy (non-hydrogen) atoms. The van der Waals surface area contributed by atoms with Crippen LogP contribution in [0.2, 0.25) is 0 Å². The van der Waals surface area contributed by atoms with Gasteiger partial charge in [0.15, 0.2) is 5.54 Å². The Morgan fingerprint density at radius 3 is 1.81 bits per heavy atom. The maximum absolute atomic E-state index is 13.6. The average Bonchev–Trinajstić information content (AvgIpc) is 2.96. The van der Waals surface area contributed by atoms with Crippen LogP contribution in [0, 0.1) is 6.92 Å². The van der Waals surface area contributed by atoms with Gasteiger partial charge in [0.2, 0.25) is 0 Å². The van der Waals surface area contributed by atoms with Crippen molar-refractivity contribution < 1.29 is 9.59 Å². The molecule has 1 saturated heterocycles. The molecule has 0 atom stereocenters. The largest absolute Gasteiger partial charge is 0.325 e. The summed E-state index contributed by atoms with van der Waals surface area (Å²) in [6.07, 6.45) is 0. The van der Waals surface area contributed by atoms with E-state index in [0.717, 1.165) is 22.3 Å². The fraction of sp³-hybridized carbons (Fsp3) is 0.130. The van der Waals surface area contributed by atoms with Crippen LogP contribution in [-0.2, 0) is 16.9 Å². The lowest BCUT2D eigenvalue weighted by Crippen LogP contribution is -2.45. The average molecular weight is 356 g/mol. The predicted molar refractivity (Wildman–Crippen MR) is 104 cm³/mol. The van der Waals surface area contributed by atoms with Crippen molar-refractivity contribution in [2.24, 2.45) is 0 Å². The zero-order chi connectivity index (χ0) is 18.9. The topological polar surface area (TPSA) is 49.4 Å². The normalized spacial score (nSPS) is 15.7. The molecule has 0 spiro atoms. The predicted octanol–water partition coefficient (Wildman–Crippen LogP) is 3.99. The van der Waals surface area contributed by atoms with E-state index in [0.29, 0.717) is 0 Å². The van der Waals surface area contributed by atoms with Crippen molar-refractivity contribution >= 4 is 11.9 Å². The van der Waals surface area contributed by atoms with Crippen LogP contribution >= 0.6 is 0 Å². The molecule has 134 valence electrons. The van der Waals surface area contributed by atoms with E-state index in [-0.39, 0.29) is 18.5 Å². The maximum atomic E-state index is 13.6. The summed E-state index contributed by atoms with van der Waals surface area (Å²) >= 11 is 0. The quantitative estimate of drug-likeness (QED) is 0.719. The molecule has 1 heterocycles. The highest BCUT2D eigenvalue weighted by Crippen LogP contribution is 2.36. The van der Waals surface area contributed by atoms with Gasteiger partial charge in [0.25, 0.3) is 5.91 Å². The number of carbonyl (C=O) groups is 2. The van der Waals surface area contributed by atoms with Crippen molar-refractivity contribution in [3.63, 3.8) is 0 Å². The number of hydrogen-bond acceptors (Lipinski definition) is 2. The molecule has 1 aliphatic rings. The third-order valence-corrected chi connectivity index (χ3v) is 4.98. The Kier molecular flexibility index (Phi) is 4.24. The zero-order valence-corrected chi connectivity index (χ0v) is 15.1. The Balaban J connectivity index is 1.78. The number of imide groups is 1. The minimum Gasteiger partial charge on any atom is -0.315 e. The van der Waals surface area contributed by atoms with Crippen LogP contribution in [0.3, 0.4) is 0 Å². The molecule has 4 heteroatoms. The van der Waals surface area contributed by atoms with Crippen molar-refractivity contribution in [2.75, 3.05) is 0 Å². The van der Waals surface area contributed by atoms with Crippen LogP contribution < -0.4 is 5.32 Å². The fourth-order valence-electron chi connectivity index (χ4n) is 3.53. The monoisotopic (exact) mass is 356 g/mol. The minimum absolute atomic E-state index is 0.242. The first-order valence-electron chi connectivity index (χ1n) is 8.92. The Morgan fingerprint density at radius 1 is 0.778 bits per heavy atom. The lowest BCUT2D eigenvalue weighted by Gasteiger charge is -2.28. The SMILES string of the molecule is Cc1ccc(CN2C(=O)NC(c3ccccc3)(c3ccccc3)C2=O)cc1. The Morgan fingerprint density at radius 2 is 1.30 bits per heavy atom. The molecular weight excluding hydrogens is 336 g/mol. The standard InChI is InChI=1S/C23H20N2O2/c1-17-12-14-18(15-13-17)16-25-21(26)23(24-22(25)27,19-8-4-2-5-9-19)20-10-6-3-7-11-20/h2-15H,16H2,1H3,(H,24,27). The van der Waals surface area contributed by atoms with Crippen molar-refractivity contribution in [3.8, 4) is 0 Å². The van der Waals surface area contributed by atoms with Gasteiger partial charge in [-0.15, -0.1) is 0 Å². The highest BCUT2D eigenvalue weighted by Gasteiger charge is 2.53. The van der Waals surface area contributed by atoms with Crippen molar-refractivity contribution in [1.29, 1.82) is 0 Å². The molecular formula is C23H20N2O2. The van der Waals surface area contributed by atoms with E-state index in [4.69, 9.17) is 0 Å². The molecule has 0 saturated carbocycles. The first kappa shape index (κ1) is 17.0. The van der Waals surface area contributed by atoms with Crippen molar-refractivity contribution in [3.05, 3.63) is 107 Å². The summed E-state index contributed by atoms with van der Waals surface area (Å²) in [7, 11) is 0. The van der Waals surface area contributed by atoms with E-state index >= 15 is 0 Å². The van der Waals surface area contributed by atoms with Gasteiger partial charge in [-0.05, 0) is 23.6 Å². The van der Waals surface area contributed by atoms with Crippen LogP contribution in [0.15, 0.2) is 84.9 Å². The summed E-state index contributed by atoms with van der Waals surface area (Å²) < 4.78 is 0. The lowest BCUT2D eigenvalue weighted by atomic mass is 9.82. The van der Waals surface area contributed by atoms with Gasteiger partial charge in [-0.1, -0.05) is 90.5 Å². The van der Waals surface area contributed by atoms with Crippen LogP contribution in [0.1, 0.15) is 22.3 Å². The second kappa shape index (κ2) is 6.72. The summed E-state index contributed by atoms with van der Waals surface area (Å²) in [5, 5.41) is 2.97. The molecule has 1 fully saturated rings. The van der Waals surface area contributed by atoms with Gasteiger partial charge in [-0.2, -0.15) is 0 Å². The summed E-state index contributed by atoms with van der Waals surface area (Å²) in [6.45, 7) is 2.25. The van der Waals surface area contributed by atoms with E-state index in [1.165, 1.54) is 4.90 Å². The summed E-state index contributed by atoms with van der Waals surface area (Å²) in [5.74, 6) is -0.259. The van der Waals surface area contributed by atoms with Crippen LogP contribution in [-0.4, -0.2) is 16.8 Å². The smallest absolute Gasteiger partial charge is 0.315 e. The first-order chi connectivity index (χ1) is 13.1. The molecule has 4 rings (SSSR count). The third kappa shape index (κ3) is 2.89. The number of hydrogen-bond donors (Lipinski definition) is 1. The Hall–Kier alpha value is -3.40. The van der Waals surface area contributed by atoms with Crippen LogP contribution in [0.5, 0.6) is 0 Å². The number of benzene rings is 3. The number of amides is 3. The Bertz CT molecular complexity index is 927. The highest BCUT2D eigenvalue weighted by atomic mass is 16.2. The summed E-state index contributed by atoms with van der Waals surface area (Å²) in [5.41, 5.74) is 2.35. The van der Waals surface area contributed by atoms with Gasteiger partial charge < -0.3 is 5.32 Å². The van der Waals surface area contributed by atoms with E-state index in [1.807, 2.05) is 91.9 Å². The second-order valence-corrected chi connectivity index (χ2v) is 6.79. The number of aryl methyl sites for hydroxylation is 1. The molecule has 0 unspecified atom stereocenters. The van der Waals surface area contributed by atoms with Gasteiger partial charge >= 0.3 is 6.03 Å². The third-order valence-electron chi connectivity index (χ3n) is 4.98. The molecule has 0 aromatic heterocycles.